The van der Waals surface area contributed by atoms with Gasteiger partial charge >= 0.3 is 0 Å². The molecule has 0 spiro atoms. The Morgan fingerprint density at radius 1 is 0.697 bits per heavy atom. The normalized spacial score (nSPS) is 15.1. The van der Waals surface area contributed by atoms with Crippen molar-refractivity contribution in [2.45, 2.75) is 12.5 Å². The average Bonchev–Trinajstić information content (AvgIpc) is 3.03. The predicted octanol–water partition coefficient (Wildman–Crippen LogP) is 6.62. The molecule has 2 nitrogen and oxygen atoms in total. The molecule has 0 bridgehead atoms. The first-order valence-electron chi connectivity index (χ1n) is 10.9. The SMILES string of the molecule is Cl.Cl.Fc1ccc(C(c2ccc(F)cc2)N2CCCN(C/C=C/c3ccccc3)CC2)cc1. The van der Waals surface area contributed by atoms with E-state index in [9.17, 15) is 8.78 Å². The van der Waals surface area contributed by atoms with E-state index in [-0.39, 0.29) is 42.5 Å². The second-order valence-electron chi connectivity index (χ2n) is 8.01. The lowest BCUT2D eigenvalue weighted by atomic mass is 9.96. The third kappa shape index (κ3) is 7.65. The maximum atomic E-state index is 13.5. The number of hydrogen-bond acceptors (Lipinski definition) is 2. The van der Waals surface area contributed by atoms with Gasteiger partial charge in [0.1, 0.15) is 11.6 Å². The number of rotatable bonds is 6. The number of hydrogen-bond donors (Lipinski definition) is 0. The van der Waals surface area contributed by atoms with Crippen LogP contribution in [0.3, 0.4) is 0 Å². The highest BCUT2D eigenvalue weighted by molar-refractivity contribution is 5.85. The Morgan fingerprint density at radius 2 is 1.27 bits per heavy atom. The van der Waals surface area contributed by atoms with E-state index in [2.05, 4.69) is 46.2 Å². The van der Waals surface area contributed by atoms with Crippen molar-refractivity contribution in [3.05, 3.63) is 113 Å². The monoisotopic (exact) mass is 490 g/mol. The summed E-state index contributed by atoms with van der Waals surface area (Å²) in [5, 5.41) is 0. The minimum Gasteiger partial charge on any atom is -0.298 e. The standard InChI is InChI=1S/C27H28F2N2.2ClH/c28-25-13-9-23(10-14-25)27(24-11-15-26(29)16-12-24)31-19-5-18-30(20-21-31)17-4-8-22-6-2-1-3-7-22;;/h1-4,6-16,27H,5,17-21H2;2*1H/b8-4+;;. The van der Waals surface area contributed by atoms with Gasteiger partial charge in [-0.2, -0.15) is 0 Å². The van der Waals surface area contributed by atoms with Crippen LogP contribution in [0.25, 0.3) is 6.08 Å². The van der Waals surface area contributed by atoms with Gasteiger partial charge in [0.2, 0.25) is 0 Å². The number of halogens is 4. The Kier molecular flexibility index (Phi) is 11.0. The smallest absolute Gasteiger partial charge is 0.123 e. The predicted molar refractivity (Wildman–Crippen MR) is 137 cm³/mol. The molecule has 3 aromatic rings. The van der Waals surface area contributed by atoms with Crippen LogP contribution >= 0.6 is 24.8 Å². The summed E-state index contributed by atoms with van der Waals surface area (Å²) in [4.78, 5) is 4.90. The summed E-state index contributed by atoms with van der Waals surface area (Å²) >= 11 is 0. The van der Waals surface area contributed by atoms with Crippen LogP contribution in [0.4, 0.5) is 8.78 Å². The first-order chi connectivity index (χ1) is 15.2. The molecule has 6 heteroatoms. The summed E-state index contributed by atoms with van der Waals surface area (Å²) < 4.78 is 27.1. The second-order valence-corrected chi connectivity index (χ2v) is 8.01. The highest BCUT2D eigenvalue weighted by atomic mass is 35.5. The highest BCUT2D eigenvalue weighted by Crippen LogP contribution is 2.30. The van der Waals surface area contributed by atoms with Gasteiger partial charge in [-0.05, 0) is 53.9 Å². The van der Waals surface area contributed by atoms with E-state index in [0.29, 0.717) is 0 Å². The van der Waals surface area contributed by atoms with Crippen LogP contribution in [0.15, 0.2) is 84.9 Å². The topological polar surface area (TPSA) is 6.48 Å². The van der Waals surface area contributed by atoms with Crippen molar-refractivity contribution in [2.75, 3.05) is 32.7 Å². The molecular formula is C27H30Cl2F2N2. The average molecular weight is 491 g/mol. The van der Waals surface area contributed by atoms with Crippen molar-refractivity contribution in [3.63, 3.8) is 0 Å². The van der Waals surface area contributed by atoms with Gasteiger partial charge in [-0.1, -0.05) is 66.7 Å². The lowest BCUT2D eigenvalue weighted by molar-refractivity contribution is 0.228. The van der Waals surface area contributed by atoms with Gasteiger partial charge in [-0.3, -0.25) is 9.80 Å². The molecule has 33 heavy (non-hydrogen) atoms. The van der Waals surface area contributed by atoms with Gasteiger partial charge < -0.3 is 0 Å². The van der Waals surface area contributed by atoms with Crippen molar-refractivity contribution in [1.82, 2.24) is 9.80 Å². The van der Waals surface area contributed by atoms with Gasteiger partial charge in [-0.25, -0.2) is 8.78 Å². The molecule has 4 rings (SSSR count). The summed E-state index contributed by atoms with van der Waals surface area (Å²) in [7, 11) is 0. The minimum atomic E-state index is -0.242. The molecule has 0 amide bonds. The van der Waals surface area contributed by atoms with Crippen molar-refractivity contribution in [3.8, 4) is 0 Å². The molecule has 0 N–H and O–H groups in total. The van der Waals surface area contributed by atoms with Gasteiger partial charge in [0.15, 0.2) is 0 Å². The second kappa shape index (κ2) is 13.5. The molecule has 1 fully saturated rings. The third-order valence-electron chi connectivity index (χ3n) is 5.83. The molecule has 0 unspecified atom stereocenters. The highest BCUT2D eigenvalue weighted by Gasteiger charge is 2.25. The largest absolute Gasteiger partial charge is 0.298 e. The lowest BCUT2D eigenvalue weighted by Gasteiger charge is -2.31. The minimum absolute atomic E-state index is 0. The zero-order chi connectivity index (χ0) is 21.5. The van der Waals surface area contributed by atoms with Gasteiger partial charge in [0.05, 0.1) is 6.04 Å². The molecule has 0 radical (unpaired) electrons. The van der Waals surface area contributed by atoms with Crippen LogP contribution in [-0.2, 0) is 0 Å². The molecule has 0 atom stereocenters. The Labute approximate surface area is 207 Å². The molecule has 1 aliphatic rings. The maximum absolute atomic E-state index is 13.5. The molecule has 0 aliphatic carbocycles. The number of benzene rings is 3. The van der Waals surface area contributed by atoms with Crippen molar-refractivity contribution >= 4 is 30.9 Å². The summed E-state index contributed by atoms with van der Waals surface area (Å²) in [6.45, 7) is 4.75. The fourth-order valence-corrected chi connectivity index (χ4v) is 4.24. The lowest BCUT2D eigenvalue weighted by Crippen LogP contribution is -2.34. The van der Waals surface area contributed by atoms with Gasteiger partial charge in [0, 0.05) is 26.2 Å². The molecule has 1 heterocycles. The van der Waals surface area contributed by atoms with Crippen LogP contribution in [0, 0.1) is 11.6 Å². The zero-order valence-electron chi connectivity index (χ0n) is 18.4. The fourth-order valence-electron chi connectivity index (χ4n) is 4.24. The summed E-state index contributed by atoms with van der Waals surface area (Å²) in [6.07, 6.45) is 5.45. The van der Waals surface area contributed by atoms with Crippen LogP contribution in [0.2, 0.25) is 0 Å². The van der Waals surface area contributed by atoms with E-state index in [4.69, 9.17) is 0 Å². The first kappa shape index (κ1) is 27.0. The van der Waals surface area contributed by atoms with Crippen LogP contribution in [0.1, 0.15) is 29.2 Å². The Morgan fingerprint density at radius 3 is 1.85 bits per heavy atom. The van der Waals surface area contributed by atoms with Gasteiger partial charge in [0.25, 0.3) is 0 Å². The van der Waals surface area contributed by atoms with Crippen molar-refractivity contribution in [1.29, 1.82) is 0 Å². The molecular weight excluding hydrogens is 461 g/mol. The van der Waals surface area contributed by atoms with Crippen molar-refractivity contribution in [2.24, 2.45) is 0 Å². The van der Waals surface area contributed by atoms with E-state index in [0.717, 1.165) is 50.3 Å². The third-order valence-corrected chi connectivity index (χ3v) is 5.83. The molecule has 0 aromatic heterocycles. The molecule has 0 saturated carbocycles. The van der Waals surface area contributed by atoms with E-state index < -0.39 is 0 Å². The van der Waals surface area contributed by atoms with E-state index in [1.807, 2.05) is 30.3 Å². The fraction of sp³-hybridized carbons (Fsp3) is 0.259. The Balaban J connectivity index is 0.00000193. The van der Waals surface area contributed by atoms with Crippen LogP contribution < -0.4 is 0 Å². The molecule has 176 valence electrons. The van der Waals surface area contributed by atoms with Crippen molar-refractivity contribution < 1.29 is 8.78 Å². The summed E-state index contributed by atoms with van der Waals surface area (Å²) in [5.41, 5.74) is 3.28. The van der Waals surface area contributed by atoms with E-state index in [1.54, 1.807) is 0 Å². The van der Waals surface area contributed by atoms with E-state index >= 15 is 0 Å². The zero-order valence-corrected chi connectivity index (χ0v) is 20.1. The quantitative estimate of drug-likeness (QED) is 0.383. The first-order valence-corrected chi connectivity index (χ1v) is 10.9. The van der Waals surface area contributed by atoms with E-state index in [1.165, 1.54) is 29.8 Å². The van der Waals surface area contributed by atoms with Gasteiger partial charge in [-0.15, -0.1) is 24.8 Å². The Hall–Kier alpha value is -2.24. The molecule has 1 aliphatic heterocycles. The molecule has 3 aromatic carbocycles. The summed E-state index contributed by atoms with van der Waals surface area (Å²) in [5.74, 6) is -0.484. The van der Waals surface area contributed by atoms with Crippen LogP contribution in [-0.4, -0.2) is 42.5 Å². The Bertz CT molecular complexity index is 934. The number of nitrogens with zero attached hydrogens (tertiary/aromatic N) is 2. The maximum Gasteiger partial charge on any atom is 0.123 e. The summed E-state index contributed by atoms with van der Waals surface area (Å²) in [6, 6.07) is 23.7. The molecule has 1 saturated heterocycles. The van der Waals surface area contributed by atoms with Crippen LogP contribution in [0.5, 0.6) is 0 Å².